The van der Waals surface area contributed by atoms with Crippen molar-refractivity contribution < 1.29 is 14.4 Å². The van der Waals surface area contributed by atoms with Crippen LogP contribution in [0.1, 0.15) is 32.1 Å². The van der Waals surface area contributed by atoms with Crippen molar-refractivity contribution in [2.75, 3.05) is 19.7 Å². The van der Waals surface area contributed by atoms with Crippen molar-refractivity contribution in [3.8, 4) is 0 Å². The van der Waals surface area contributed by atoms with Gasteiger partial charge in [0.25, 0.3) is 0 Å². The number of hydrogen-bond acceptors (Lipinski definition) is 3. The molecule has 1 heterocycles. The second-order valence-corrected chi connectivity index (χ2v) is 4.76. The summed E-state index contributed by atoms with van der Waals surface area (Å²) >= 11 is 0. The molecule has 0 spiro atoms. The van der Waals surface area contributed by atoms with Crippen LogP contribution in [-0.4, -0.2) is 36.4 Å². The van der Waals surface area contributed by atoms with Gasteiger partial charge in [-0.05, 0) is 25.7 Å². The number of nitrogens with one attached hydrogen (secondary N) is 1. The lowest BCUT2D eigenvalue weighted by Gasteiger charge is -2.17. The highest BCUT2D eigenvalue weighted by Gasteiger charge is 2.20. The molecule has 1 saturated heterocycles. The first-order valence-electron chi connectivity index (χ1n) is 6.63. The molecule has 0 aromatic heterocycles. The molecule has 5 heteroatoms. The number of carbonyl (C=O) groups is 2. The number of likely N-dealkylation sites (tertiary alicyclic amines) is 1. The Labute approximate surface area is 107 Å². The topological polar surface area (TPSA) is 58.6 Å². The first-order valence-corrected chi connectivity index (χ1v) is 6.63. The molecule has 0 aromatic rings. The highest BCUT2D eigenvalue weighted by atomic mass is 16.7. The maximum atomic E-state index is 11.7. The smallest absolute Gasteiger partial charge is 0.250 e. The minimum Gasteiger partial charge on any atom is -0.340 e. The fourth-order valence-corrected chi connectivity index (χ4v) is 2.32. The first-order chi connectivity index (χ1) is 8.77. The fourth-order valence-electron chi connectivity index (χ4n) is 2.32. The molecule has 1 atom stereocenters. The number of hydroxylamine groups is 1. The van der Waals surface area contributed by atoms with Gasteiger partial charge in [-0.2, -0.15) is 0 Å². The Bertz CT molecular complexity index is 341. The Morgan fingerprint density at radius 1 is 1.50 bits per heavy atom. The predicted octanol–water partition coefficient (Wildman–Crippen LogP) is 1.01. The second-order valence-electron chi connectivity index (χ2n) is 4.76. The zero-order valence-electron chi connectivity index (χ0n) is 10.6. The maximum Gasteiger partial charge on any atom is 0.250 e. The van der Waals surface area contributed by atoms with Crippen LogP contribution in [-0.2, 0) is 14.4 Å². The van der Waals surface area contributed by atoms with Gasteiger partial charge in [0.05, 0.1) is 12.5 Å². The largest absolute Gasteiger partial charge is 0.340 e. The third kappa shape index (κ3) is 3.57. The lowest BCUT2D eigenvalue weighted by molar-refractivity contribution is -0.137. The van der Waals surface area contributed by atoms with Gasteiger partial charge in [0.1, 0.15) is 0 Å². The minimum atomic E-state index is -0.0845. The third-order valence-corrected chi connectivity index (χ3v) is 3.40. The molecular weight excluding hydrogens is 232 g/mol. The summed E-state index contributed by atoms with van der Waals surface area (Å²) in [6, 6.07) is 0. The number of allylic oxidation sites excluding steroid dienone is 1. The van der Waals surface area contributed by atoms with Gasteiger partial charge in [-0.3, -0.25) is 14.4 Å². The molecule has 0 aromatic carbocycles. The van der Waals surface area contributed by atoms with E-state index in [9.17, 15) is 9.59 Å². The van der Waals surface area contributed by atoms with Crippen LogP contribution in [0.4, 0.5) is 0 Å². The molecule has 0 bridgehead atoms. The van der Waals surface area contributed by atoms with Crippen molar-refractivity contribution in [2.45, 2.75) is 32.1 Å². The van der Waals surface area contributed by atoms with Crippen LogP contribution in [0, 0.1) is 5.92 Å². The average molecular weight is 252 g/mol. The Hall–Kier alpha value is -1.36. The Morgan fingerprint density at radius 3 is 3.06 bits per heavy atom. The van der Waals surface area contributed by atoms with Crippen LogP contribution >= 0.6 is 0 Å². The average Bonchev–Trinajstić information content (AvgIpc) is 2.81. The Balaban J connectivity index is 1.60. The molecule has 0 radical (unpaired) electrons. The second kappa shape index (κ2) is 6.54. The van der Waals surface area contributed by atoms with Crippen molar-refractivity contribution in [1.29, 1.82) is 0 Å². The molecule has 2 rings (SSSR count). The predicted molar refractivity (Wildman–Crippen MR) is 66.4 cm³/mol. The molecule has 1 fully saturated rings. The number of amides is 2. The van der Waals surface area contributed by atoms with Crippen LogP contribution in [0.3, 0.4) is 0 Å². The fraction of sp³-hybridized carbons (Fsp3) is 0.692. The highest BCUT2D eigenvalue weighted by molar-refractivity contribution is 5.79. The van der Waals surface area contributed by atoms with Gasteiger partial charge >= 0.3 is 0 Å². The number of hydrogen-bond donors (Lipinski definition) is 1. The van der Waals surface area contributed by atoms with Crippen molar-refractivity contribution in [3.63, 3.8) is 0 Å². The summed E-state index contributed by atoms with van der Waals surface area (Å²) in [6.07, 6.45) is 8.54. The van der Waals surface area contributed by atoms with Crippen LogP contribution in [0.15, 0.2) is 12.2 Å². The van der Waals surface area contributed by atoms with E-state index < -0.39 is 0 Å². The van der Waals surface area contributed by atoms with Gasteiger partial charge in [-0.25, -0.2) is 5.48 Å². The molecule has 5 nitrogen and oxygen atoms in total. The highest BCUT2D eigenvalue weighted by Crippen LogP contribution is 2.16. The van der Waals surface area contributed by atoms with E-state index in [0.29, 0.717) is 19.6 Å². The molecular formula is C13H20N2O3. The first kappa shape index (κ1) is 13.1. The van der Waals surface area contributed by atoms with Gasteiger partial charge in [-0.15, -0.1) is 0 Å². The van der Waals surface area contributed by atoms with Gasteiger partial charge in [0.15, 0.2) is 0 Å². The summed E-state index contributed by atoms with van der Waals surface area (Å²) in [7, 11) is 0. The molecule has 1 unspecified atom stereocenters. The summed E-state index contributed by atoms with van der Waals surface area (Å²) in [6.45, 7) is 1.72. The van der Waals surface area contributed by atoms with E-state index in [1.165, 1.54) is 0 Å². The zero-order valence-corrected chi connectivity index (χ0v) is 10.6. The standard InChI is InChI=1S/C13H20N2O3/c16-12-7-4-8-15(12)9-10-18-14-13(17)11-5-2-1-3-6-11/h2,5,11H,1,3-4,6-10H2,(H,14,17). The molecule has 2 amide bonds. The molecule has 0 saturated carbocycles. The SMILES string of the molecule is O=C(NOCCN1CCCC1=O)C1C=CCCC1. The van der Waals surface area contributed by atoms with Crippen molar-refractivity contribution in [2.24, 2.45) is 5.92 Å². The van der Waals surface area contributed by atoms with Crippen LogP contribution in [0.25, 0.3) is 0 Å². The summed E-state index contributed by atoms with van der Waals surface area (Å²) in [4.78, 5) is 29.9. The molecule has 1 aliphatic carbocycles. The number of carbonyl (C=O) groups excluding carboxylic acids is 2. The molecule has 100 valence electrons. The molecule has 2 aliphatic rings. The Kier molecular flexibility index (Phi) is 4.75. The lowest BCUT2D eigenvalue weighted by atomic mass is 9.96. The number of rotatable bonds is 5. The van der Waals surface area contributed by atoms with Gasteiger partial charge in [0.2, 0.25) is 11.8 Å². The van der Waals surface area contributed by atoms with Gasteiger partial charge in [0, 0.05) is 19.5 Å². The van der Waals surface area contributed by atoms with Crippen LogP contribution in [0.5, 0.6) is 0 Å². The lowest BCUT2D eigenvalue weighted by Crippen LogP contribution is -2.34. The van der Waals surface area contributed by atoms with Gasteiger partial charge in [-0.1, -0.05) is 12.2 Å². The Morgan fingerprint density at radius 2 is 2.39 bits per heavy atom. The van der Waals surface area contributed by atoms with E-state index in [1.54, 1.807) is 4.90 Å². The van der Waals surface area contributed by atoms with Crippen LogP contribution in [0.2, 0.25) is 0 Å². The third-order valence-electron chi connectivity index (χ3n) is 3.40. The normalized spacial score (nSPS) is 23.4. The van der Waals surface area contributed by atoms with E-state index in [4.69, 9.17) is 4.84 Å². The summed E-state index contributed by atoms with van der Waals surface area (Å²) < 4.78 is 0. The zero-order chi connectivity index (χ0) is 12.8. The molecule has 1 aliphatic heterocycles. The minimum absolute atomic E-state index is 0.0628. The molecule has 1 N–H and O–H groups in total. The van der Waals surface area contributed by atoms with Crippen molar-refractivity contribution >= 4 is 11.8 Å². The van der Waals surface area contributed by atoms with E-state index in [0.717, 1.165) is 32.2 Å². The van der Waals surface area contributed by atoms with Crippen molar-refractivity contribution in [3.05, 3.63) is 12.2 Å². The van der Waals surface area contributed by atoms with E-state index in [1.807, 2.05) is 12.2 Å². The summed E-state index contributed by atoms with van der Waals surface area (Å²) in [5, 5.41) is 0. The van der Waals surface area contributed by atoms with E-state index >= 15 is 0 Å². The quantitative estimate of drug-likeness (QED) is 0.451. The van der Waals surface area contributed by atoms with E-state index in [-0.39, 0.29) is 17.7 Å². The molecule has 18 heavy (non-hydrogen) atoms. The maximum absolute atomic E-state index is 11.7. The van der Waals surface area contributed by atoms with Crippen LogP contribution < -0.4 is 5.48 Å². The summed E-state index contributed by atoms with van der Waals surface area (Å²) in [5.41, 5.74) is 2.46. The summed E-state index contributed by atoms with van der Waals surface area (Å²) in [5.74, 6) is 0.0333. The van der Waals surface area contributed by atoms with E-state index in [2.05, 4.69) is 5.48 Å². The monoisotopic (exact) mass is 252 g/mol. The van der Waals surface area contributed by atoms with Gasteiger partial charge < -0.3 is 4.90 Å². The number of nitrogens with zero attached hydrogens (tertiary/aromatic N) is 1. The van der Waals surface area contributed by atoms with Crippen molar-refractivity contribution in [1.82, 2.24) is 10.4 Å².